The Morgan fingerprint density at radius 1 is 0.655 bits per heavy atom. The number of aromatic hydroxyl groups is 1. The van der Waals surface area contributed by atoms with Gasteiger partial charge >= 0.3 is 0 Å². The molecule has 4 aromatic carbocycles. The standard InChI is InChI=1S/C27H21NO/c1-27(2)23-12-5-3-10-19(23)21-15-22-20-11-4-6-13-25(20)28(26(22)16-24(21)27)17-8-7-9-18(29)14-17/h3-16,29H,1-2H3. The van der Waals surface area contributed by atoms with Gasteiger partial charge in [-0.15, -0.1) is 0 Å². The maximum Gasteiger partial charge on any atom is 0.117 e. The molecule has 0 atom stereocenters. The van der Waals surface area contributed by atoms with Gasteiger partial charge in [-0.2, -0.15) is 0 Å². The van der Waals surface area contributed by atoms with Gasteiger partial charge in [0, 0.05) is 27.9 Å². The number of benzene rings is 4. The summed E-state index contributed by atoms with van der Waals surface area (Å²) in [5.74, 6) is 0.280. The molecule has 1 heterocycles. The number of rotatable bonds is 1. The van der Waals surface area contributed by atoms with Gasteiger partial charge in [0.15, 0.2) is 0 Å². The van der Waals surface area contributed by atoms with E-state index in [-0.39, 0.29) is 11.2 Å². The second-order valence-corrected chi connectivity index (χ2v) is 8.46. The van der Waals surface area contributed by atoms with Crippen molar-refractivity contribution < 1.29 is 5.11 Å². The monoisotopic (exact) mass is 375 g/mol. The van der Waals surface area contributed by atoms with Crippen molar-refractivity contribution in [2.24, 2.45) is 0 Å². The molecule has 2 heteroatoms. The van der Waals surface area contributed by atoms with Gasteiger partial charge in [0.1, 0.15) is 5.75 Å². The van der Waals surface area contributed by atoms with Crippen molar-refractivity contribution in [3.8, 4) is 22.6 Å². The fraction of sp³-hybridized carbons (Fsp3) is 0.111. The smallest absolute Gasteiger partial charge is 0.117 e. The van der Waals surface area contributed by atoms with E-state index in [2.05, 4.69) is 85.1 Å². The molecule has 0 fully saturated rings. The molecule has 0 aliphatic heterocycles. The molecule has 1 aliphatic carbocycles. The molecular weight excluding hydrogens is 354 g/mol. The van der Waals surface area contributed by atoms with Crippen molar-refractivity contribution in [2.75, 3.05) is 0 Å². The third-order valence-corrected chi connectivity index (χ3v) is 6.46. The van der Waals surface area contributed by atoms with E-state index in [1.54, 1.807) is 6.07 Å². The van der Waals surface area contributed by atoms with Crippen molar-refractivity contribution in [2.45, 2.75) is 19.3 Å². The van der Waals surface area contributed by atoms with E-state index in [4.69, 9.17) is 0 Å². The van der Waals surface area contributed by atoms with Crippen LogP contribution in [0.5, 0.6) is 5.75 Å². The van der Waals surface area contributed by atoms with Gasteiger partial charge in [-0.25, -0.2) is 0 Å². The number of phenolic OH excluding ortho intramolecular Hbond substituents is 1. The first-order valence-corrected chi connectivity index (χ1v) is 10.0. The number of aromatic nitrogens is 1. The third-order valence-electron chi connectivity index (χ3n) is 6.46. The first kappa shape index (κ1) is 16.4. The maximum atomic E-state index is 10.1. The fourth-order valence-electron chi connectivity index (χ4n) is 5.07. The highest BCUT2D eigenvalue weighted by molar-refractivity contribution is 6.11. The topological polar surface area (TPSA) is 25.2 Å². The molecule has 0 bridgehead atoms. The van der Waals surface area contributed by atoms with Gasteiger partial charge in [-0.1, -0.05) is 62.4 Å². The van der Waals surface area contributed by atoms with E-state index < -0.39 is 0 Å². The molecule has 0 saturated heterocycles. The van der Waals surface area contributed by atoms with Crippen molar-refractivity contribution in [1.82, 2.24) is 4.57 Å². The van der Waals surface area contributed by atoms with Crippen LogP contribution in [-0.2, 0) is 5.41 Å². The number of hydrogen-bond donors (Lipinski definition) is 1. The highest BCUT2D eigenvalue weighted by atomic mass is 16.3. The number of hydrogen-bond acceptors (Lipinski definition) is 1. The SMILES string of the molecule is CC1(C)c2ccccc2-c2cc3c4ccccc4n(-c4cccc(O)c4)c3cc21. The third kappa shape index (κ3) is 2.11. The van der Waals surface area contributed by atoms with Gasteiger partial charge in [0.05, 0.1) is 11.0 Å². The van der Waals surface area contributed by atoms with Crippen LogP contribution < -0.4 is 0 Å². The molecule has 0 spiro atoms. The summed E-state index contributed by atoms with van der Waals surface area (Å²) in [4.78, 5) is 0. The molecule has 0 unspecified atom stereocenters. The number of para-hydroxylation sites is 1. The number of phenols is 1. The Labute approximate surface area is 169 Å². The van der Waals surface area contributed by atoms with Crippen LogP contribution in [0.15, 0.2) is 84.9 Å². The lowest BCUT2D eigenvalue weighted by Gasteiger charge is -2.21. The Kier molecular flexibility index (Phi) is 3.12. The van der Waals surface area contributed by atoms with Crippen LogP contribution in [-0.4, -0.2) is 9.67 Å². The molecule has 29 heavy (non-hydrogen) atoms. The lowest BCUT2D eigenvalue weighted by atomic mass is 9.82. The Morgan fingerprint density at radius 3 is 2.31 bits per heavy atom. The zero-order valence-electron chi connectivity index (χ0n) is 16.5. The van der Waals surface area contributed by atoms with E-state index in [1.807, 2.05) is 12.1 Å². The Bertz CT molecular complexity index is 1440. The second kappa shape index (κ2) is 5.51. The predicted octanol–water partition coefficient (Wildman–Crippen LogP) is 6.80. The normalized spacial score (nSPS) is 14.3. The molecule has 2 nitrogen and oxygen atoms in total. The van der Waals surface area contributed by atoms with Crippen molar-refractivity contribution in [3.05, 3.63) is 96.1 Å². The highest BCUT2D eigenvalue weighted by Gasteiger charge is 2.36. The summed E-state index contributed by atoms with van der Waals surface area (Å²) in [6, 6.07) is 29.5. The average molecular weight is 375 g/mol. The minimum Gasteiger partial charge on any atom is -0.508 e. The molecule has 0 amide bonds. The zero-order valence-corrected chi connectivity index (χ0v) is 16.5. The van der Waals surface area contributed by atoms with E-state index in [0.29, 0.717) is 0 Å². The van der Waals surface area contributed by atoms with Crippen molar-refractivity contribution in [3.63, 3.8) is 0 Å². The van der Waals surface area contributed by atoms with E-state index in [0.717, 1.165) is 11.2 Å². The first-order valence-electron chi connectivity index (χ1n) is 10.0. The first-order chi connectivity index (χ1) is 14.1. The largest absolute Gasteiger partial charge is 0.508 e. The van der Waals surface area contributed by atoms with Gasteiger partial charge in [-0.05, 0) is 52.6 Å². The van der Waals surface area contributed by atoms with E-state index in [9.17, 15) is 5.11 Å². The van der Waals surface area contributed by atoms with Crippen LogP contribution in [0.25, 0.3) is 38.6 Å². The van der Waals surface area contributed by atoms with Crippen LogP contribution in [0.4, 0.5) is 0 Å². The molecule has 1 aromatic heterocycles. The minimum atomic E-state index is -0.0414. The predicted molar refractivity (Wildman–Crippen MR) is 120 cm³/mol. The molecule has 1 N–H and O–H groups in total. The van der Waals surface area contributed by atoms with Crippen LogP contribution >= 0.6 is 0 Å². The summed E-state index contributed by atoms with van der Waals surface area (Å²) in [5.41, 5.74) is 8.68. The average Bonchev–Trinajstić information content (AvgIpc) is 3.17. The van der Waals surface area contributed by atoms with E-state index in [1.165, 1.54) is 38.5 Å². The summed E-state index contributed by atoms with van der Waals surface area (Å²) >= 11 is 0. The van der Waals surface area contributed by atoms with Crippen molar-refractivity contribution >= 4 is 21.8 Å². The molecule has 6 rings (SSSR count). The summed E-state index contributed by atoms with van der Waals surface area (Å²) in [7, 11) is 0. The lowest BCUT2D eigenvalue weighted by molar-refractivity contribution is 0.475. The van der Waals surface area contributed by atoms with Crippen LogP contribution in [0.3, 0.4) is 0 Å². The van der Waals surface area contributed by atoms with Gasteiger partial charge in [-0.3, -0.25) is 0 Å². The summed E-state index contributed by atoms with van der Waals surface area (Å²) in [5, 5.41) is 12.6. The Hall–Kier alpha value is -3.52. The molecule has 140 valence electrons. The summed E-state index contributed by atoms with van der Waals surface area (Å²) < 4.78 is 2.27. The molecule has 1 aliphatic rings. The quantitative estimate of drug-likeness (QED) is 0.343. The second-order valence-electron chi connectivity index (χ2n) is 8.46. The van der Waals surface area contributed by atoms with Gasteiger partial charge < -0.3 is 9.67 Å². The Balaban J connectivity index is 1.78. The van der Waals surface area contributed by atoms with Crippen LogP contribution in [0.2, 0.25) is 0 Å². The minimum absolute atomic E-state index is 0.0414. The van der Waals surface area contributed by atoms with Crippen LogP contribution in [0, 0.1) is 0 Å². The zero-order chi connectivity index (χ0) is 19.8. The molecule has 0 radical (unpaired) electrons. The van der Waals surface area contributed by atoms with Crippen molar-refractivity contribution in [1.29, 1.82) is 0 Å². The summed E-state index contributed by atoms with van der Waals surface area (Å²) in [6.07, 6.45) is 0. The molecule has 5 aromatic rings. The highest BCUT2D eigenvalue weighted by Crippen LogP contribution is 2.50. The summed E-state index contributed by atoms with van der Waals surface area (Å²) in [6.45, 7) is 4.62. The Morgan fingerprint density at radius 2 is 1.45 bits per heavy atom. The fourth-order valence-corrected chi connectivity index (χ4v) is 5.07. The van der Waals surface area contributed by atoms with Crippen LogP contribution in [0.1, 0.15) is 25.0 Å². The van der Waals surface area contributed by atoms with E-state index >= 15 is 0 Å². The number of nitrogens with zero attached hydrogens (tertiary/aromatic N) is 1. The number of fused-ring (bicyclic) bond motifs is 6. The molecular formula is C27H21NO. The van der Waals surface area contributed by atoms with Gasteiger partial charge in [0.2, 0.25) is 0 Å². The lowest BCUT2D eigenvalue weighted by Crippen LogP contribution is -2.14. The molecule has 0 saturated carbocycles. The van der Waals surface area contributed by atoms with Gasteiger partial charge in [0.25, 0.3) is 0 Å². The maximum absolute atomic E-state index is 10.1.